The van der Waals surface area contributed by atoms with Gasteiger partial charge in [-0.3, -0.25) is 14.5 Å². The molecule has 3 N–H and O–H groups in total. The molecule has 2 amide bonds. The van der Waals surface area contributed by atoms with Gasteiger partial charge in [0, 0.05) is 36.6 Å². The average Bonchev–Trinajstić information content (AvgIpc) is 3.17. The molecule has 0 aromatic carbocycles. The first-order valence-corrected chi connectivity index (χ1v) is 13.2. The maximum Gasteiger partial charge on any atom is 0.246 e. The van der Waals surface area contributed by atoms with Gasteiger partial charge in [-0.05, 0) is 51.9 Å². The molecular weight excluding hydrogens is 447 g/mol. The van der Waals surface area contributed by atoms with Crippen LogP contribution in [-0.4, -0.2) is 77.3 Å². The van der Waals surface area contributed by atoms with Crippen LogP contribution in [-0.2, 0) is 14.3 Å². The van der Waals surface area contributed by atoms with Crippen LogP contribution in [0.25, 0.3) is 0 Å². The number of nitrogens with one attached hydrogen (secondary N) is 3. The summed E-state index contributed by atoms with van der Waals surface area (Å²) in [5.41, 5.74) is -0.355. The molecule has 5 aliphatic carbocycles. The van der Waals surface area contributed by atoms with Crippen LogP contribution in [0.4, 0.5) is 4.39 Å². The van der Waals surface area contributed by atoms with Crippen LogP contribution in [0, 0.1) is 5.92 Å². The van der Waals surface area contributed by atoms with E-state index in [-0.39, 0.29) is 47.9 Å². The van der Waals surface area contributed by atoms with Gasteiger partial charge in [-0.25, -0.2) is 4.39 Å². The second-order valence-electron chi connectivity index (χ2n) is 11.2. The van der Waals surface area contributed by atoms with Crippen LogP contribution < -0.4 is 16.0 Å². The first-order valence-electron chi connectivity index (χ1n) is 12.8. The van der Waals surface area contributed by atoms with E-state index >= 15 is 0 Å². The largest absolute Gasteiger partial charge is 0.368 e. The highest BCUT2D eigenvalue weighted by Gasteiger charge is 2.69. The van der Waals surface area contributed by atoms with Crippen molar-refractivity contribution in [3.8, 4) is 0 Å². The van der Waals surface area contributed by atoms with Gasteiger partial charge in [-0.2, -0.15) is 0 Å². The number of rotatable bonds is 7. The van der Waals surface area contributed by atoms with Crippen LogP contribution >= 0.6 is 11.6 Å². The molecule has 0 radical (unpaired) electrons. The summed E-state index contributed by atoms with van der Waals surface area (Å²) in [6, 6.07) is 0.319. The fraction of sp³-hybridized carbons (Fsp3) is 0.917. The first kappa shape index (κ1) is 23.8. The van der Waals surface area contributed by atoms with Gasteiger partial charge in [-0.15, -0.1) is 11.6 Å². The van der Waals surface area contributed by atoms with Crippen molar-refractivity contribution >= 4 is 23.4 Å². The summed E-state index contributed by atoms with van der Waals surface area (Å²) in [6.45, 7) is 4.14. The van der Waals surface area contributed by atoms with E-state index in [2.05, 4.69) is 27.8 Å². The van der Waals surface area contributed by atoms with Gasteiger partial charge < -0.3 is 20.7 Å². The number of carbonyl (C=O) groups excluding carboxylic acids is 2. The number of carbonyl (C=O) groups is 2. The van der Waals surface area contributed by atoms with Crippen LogP contribution in [0.3, 0.4) is 0 Å². The van der Waals surface area contributed by atoms with E-state index in [1.54, 1.807) is 0 Å². The van der Waals surface area contributed by atoms with Gasteiger partial charge >= 0.3 is 0 Å². The van der Waals surface area contributed by atoms with E-state index < -0.39 is 11.5 Å². The third-order valence-corrected chi connectivity index (χ3v) is 9.21. The Kier molecular flexibility index (Phi) is 6.66. The Balaban J connectivity index is 1.06. The van der Waals surface area contributed by atoms with Crippen molar-refractivity contribution in [2.75, 3.05) is 19.7 Å². The molecule has 0 spiro atoms. The molecule has 33 heavy (non-hydrogen) atoms. The maximum atomic E-state index is 13.8. The molecule has 6 atom stereocenters. The summed E-state index contributed by atoms with van der Waals surface area (Å²) in [5.74, 6) is 0.0924. The van der Waals surface area contributed by atoms with Crippen molar-refractivity contribution in [1.29, 1.82) is 0 Å². The molecule has 1 aliphatic heterocycles. The summed E-state index contributed by atoms with van der Waals surface area (Å²) in [5, 5.41) is 9.51. The first-order chi connectivity index (χ1) is 15.8. The van der Waals surface area contributed by atoms with Crippen LogP contribution in [0.15, 0.2) is 0 Å². The molecule has 6 rings (SSSR count). The summed E-state index contributed by atoms with van der Waals surface area (Å²) in [4.78, 5) is 28.1. The predicted octanol–water partition coefficient (Wildman–Crippen LogP) is 2.22. The molecule has 7 nitrogen and oxygen atoms in total. The lowest BCUT2D eigenvalue weighted by Crippen LogP contribution is -2.84. The second kappa shape index (κ2) is 9.25. The number of hydrogen-bond acceptors (Lipinski definition) is 5. The highest BCUT2D eigenvalue weighted by molar-refractivity contribution is 6.21. The van der Waals surface area contributed by atoms with Crippen molar-refractivity contribution in [3.63, 3.8) is 0 Å². The standard InChI is InChI=1S/C24H38ClFN4O3/c1-15-27-8-9-30(15)20-5-3-2-4-17(20)22(32)29-24-12-23(13-24,14-24)28-21(31)11-33-16-6-7-18(25)19(26)10-16/h15-20,27H,2-14H2,1H3,(H,28,31)(H,29,32). The van der Waals surface area contributed by atoms with E-state index in [1.807, 2.05) is 0 Å². The Bertz CT molecular complexity index is 750. The fourth-order valence-corrected chi connectivity index (χ4v) is 7.34. The smallest absolute Gasteiger partial charge is 0.246 e. The van der Waals surface area contributed by atoms with Crippen molar-refractivity contribution in [3.05, 3.63) is 0 Å². The Labute approximate surface area is 200 Å². The quantitative estimate of drug-likeness (QED) is 0.483. The number of hydrogen-bond donors (Lipinski definition) is 3. The molecule has 1 saturated heterocycles. The minimum Gasteiger partial charge on any atom is -0.368 e. The lowest BCUT2D eigenvalue weighted by atomic mass is 9.44. The van der Waals surface area contributed by atoms with Gasteiger partial charge in [-0.1, -0.05) is 12.8 Å². The minimum absolute atomic E-state index is 0.0444. The topological polar surface area (TPSA) is 82.7 Å². The Morgan fingerprint density at radius 3 is 2.55 bits per heavy atom. The third kappa shape index (κ3) is 4.78. The van der Waals surface area contributed by atoms with Gasteiger partial charge in [0.25, 0.3) is 0 Å². The van der Waals surface area contributed by atoms with Crippen LogP contribution in [0.1, 0.15) is 71.1 Å². The number of amides is 2. The van der Waals surface area contributed by atoms with Crippen LogP contribution in [0.5, 0.6) is 0 Å². The summed E-state index contributed by atoms with van der Waals surface area (Å²) < 4.78 is 19.4. The molecule has 5 saturated carbocycles. The zero-order valence-corrected chi connectivity index (χ0v) is 20.3. The molecule has 0 aromatic heterocycles. The molecule has 6 unspecified atom stereocenters. The maximum absolute atomic E-state index is 13.8. The van der Waals surface area contributed by atoms with E-state index in [1.165, 1.54) is 6.42 Å². The lowest BCUT2D eigenvalue weighted by Gasteiger charge is -2.70. The SMILES string of the molecule is CC1NCCN1C1CCCCC1C(=O)NC12CC(NC(=O)COC3CCC(Cl)C(F)C3)(C1)C2. The average molecular weight is 485 g/mol. The lowest BCUT2D eigenvalue weighted by molar-refractivity contribution is -0.156. The number of halogens is 2. The molecule has 0 aromatic rings. The van der Waals surface area contributed by atoms with Crippen LogP contribution in [0.2, 0.25) is 0 Å². The van der Waals surface area contributed by atoms with E-state index in [0.29, 0.717) is 25.0 Å². The van der Waals surface area contributed by atoms with Gasteiger partial charge in [0.1, 0.15) is 12.8 Å². The van der Waals surface area contributed by atoms with Gasteiger partial charge in [0.05, 0.1) is 23.6 Å². The Hall–Kier alpha value is -0.960. The highest BCUT2D eigenvalue weighted by atomic mass is 35.5. The summed E-state index contributed by atoms with van der Waals surface area (Å²) in [7, 11) is 0. The van der Waals surface area contributed by atoms with Gasteiger partial charge in [0.15, 0.2) is 0 Å². The predicted molar refractivity (Wildman–Crippen MR) is 124 cm³/mol. The van der Waals surface area contributed by atoms with Gasteiger partial charge in [0.2, 0.25) is 11.8 Å². The molecule has 2 bridgehead atoms. The number of alkyl halides is 2. The molecular formula is C24H38ClFN4O3. The van der Waals surface area contributed by atoms with Crippen molar-refractivity contribution in [1.82, 2.24) is 20.9 Å². The van der Waals surface area contributed by atoms with E-state index in [9.17, 15) is 14.0 Å². The zero-order chi connectivity index (χ0) is 23.2. The second-order valence-corrected chi connectivity index (χ2v) is 11.8. The molecule has 9 heteroatoms. The zero-order valence-electron chi connectivity index (χ0n) is 19.6. The van der Waals surface area contributed by atoms with E-state index in [4.69, 9.17) is 16.3 Å². The fourth-order valence-electron chi connectivity index (χ4n) is 7.11. The molecule has 186 valence electrons. The minimum atomic E-state index is -1.07. The van der Waals surface area contributed by atoms with Crippen molar-refractivity contribution in [2.24, 2.45) is 5.92 Å². The summed E-state index contributed by atoms with van der Waals surface area (Å²) >= 11 is 5.91. The number of ether oxygens (including phenoxy) is 1. The normalized spacial score (nSPS) is 45.1. The van der Waals surface area contributed by atoms with E-state index in [0.717, 1.165) is 51.6 Å². The number of nitrogens with zero attached hydrogens (tertiary/aromatic N) is 1. The molecule has 1 heterocycles. The van der Waals surface area contributed by atoms with Crippen molar-refractivity contribution < 1.29 is 18.7 Å². The third-order valence-electron chi connectivity index (χ3n) is 8.72. The summed E-state index contributed by atoms with van der Waals surface area (Å²) in [6.07, 6.45) is 7.29. The van der Waals surface area contributed by atoms with Crippen molar-refractivity contribution in [2.45, 2.75) is 112 Å². The molecule has 6 aliphatic rings. The Morgan fingerprint density at radius 2 is 1.85 bits per heavy atom. The Morgan fingerprint density at radius 1 is 1.12 bits per heavy atom. The molecule has 6 fully saturated rings. The highest BCUT2D eigenvalue weighted by Crippen LogP contribution is 2.60. The monoisotopic (exact) mass is 484 g/mol.